The maximum absolute atomic E-state index is 12.3. The molecule has 0 aliphatic rings. The van der Waals surface area contributed by atoms with Crippen LogP contribution in [0.25, 0.3) is 0 Å². The number of hydrogen-bond acceptors (Lipinski definition) is 5. The van der Waals surface area contributed by atoms with E-state index in [1.54, 1.807) is 18.3 Å². The maximum atomic E-state index is 12.3. The zero-order valence-corrected chi connectivity index (χ0v) is 13.4. The Bertz CT molecular complexity index is 517. The highest BCUT2D eigenvalue weighted by Crippen LogP contribution is 2.17. The molecule has 114 valence electrons. The van der Waals surface area contributed by atoms with Crippen molar-refractivity contribution in [3.05, 3.63) is 18.3 Å². The van der Waals surface area contributed by atoms with Crippen LogP contribution >= 0.6 is 0 Å². The highest BCUT2D eigenvalue weighted by molar-refractivity contribution is 7.89. The largest absolute Gasteiger partial charge is 0.369 e. The van der Waals surface area contributed by atoms with Crippen LogP contribution in [0.2, 0.25) is 0 Å². The molecule has 6 nitrogen and oxygen atoms in total. The van der Waals surface area contributed by atoms with Gasteiger partial charge in [0.15, 0.2) is 0 Å². The standard InChI is InChI=1S/C13H24N4O2S/c1-5-8-14-13-12(7-6-9-15-13)20(18,19)16-10-11(2)17(3)4/h6-7,9,11,16H,5,8,10H2,1-4H3,(H,14,15). The van der Waals surface area contributed by atoms with Crippen LogP contribution in [-0.2, 0) is 10.0 Å². The van der Waals surface area contributed by atoms with Gasteiger partial charge in [0.05, 0.1) is 0 Å². The topological polar surface area (TPSA) is 74.3 Å². The maximum Gasteiger partial charge on any atom is 0.244 e. The van der Waals surface area contributed by atoms with Crippen molar-refractivity contribution in [3.63, 3.8) is 0 Å². The first kappa shape index (κ1) is 16.9. The SMILES string of the molecule is CCCNc1ncccc1S(=O)(=O)NCC(C)N(C)C. The normalized spacial score (nSPS) is 13.4. The van der Waals surface area contributed by atoms with E-state index in [0.29, 0.717) is 18.9 Å². The van der Waals surface area contributed by atoms with Gasteiger partial charge in [-0.3, -0.25) is 0 Å². The van der Waals surface area contributed by atoms with E-state index in [1.807, 2.05) is 32.8 Å². The van der Waals surface area contributed by atoms with Gasteiger partial charge >= 0.3 is 0 Å². The van der Waals surface area contributed by atoms with E-state index in [4.69, 9.17) is 0 Å². The molecule has 1 heterocycles. The lowest BCUT2D eigenvalue weighted by Gasteiger charge is -2.20. The second-order valence-corrected chi connectivity index (χ2v) is 6.68. The third-order valence-electron chi connectivity index (χ3n) is 3.05. The van der Waals surface area contributed by atoms with Gasteiger partial charge in [-0.05, 0) is 39.6 Å². The summed E-state index contributed by atoms with van der Waals surface area (Å²) in [6, 6.07) is 3.31. The molecule has 0 saturated heterocycles. The minimum Gasteiger partial charge on any atom is -0.369 e. The van der Waals surface area contributed by atoms with Gasteiger partial charge in [0.1, 0.15) is 10.7 Å². The van der Waals surface area contributed by atoms with Crippen LogP contribution in [0.1, 0.15) is 20.3 Å². The average Bonchev–Trinajstić information content (AvgIpc) is 2.42. The molecule has 0 saturated carbocycles. The molecule has 20 heavy (non-hydrogen) atoms. The molecule has 1 aromatic rings. The van der Waals surface area contributed by atoms with E-state index >= 15 is 0 Å². The molecule has 2 N–H and O–H groups in total. The Labute approximate surface area is 121 Å². The summed E-state index contributed by atoms with van der Waals surface area (Å²) in [5.41, 5.74) is 0. The van der Waals surface area contributed by atoms with Crippen molar-refractivity contribution in [1.29, 1.82) is 0 Å². The van der Waals surface area contributed by atoms with Crippen molar-refractivity contribution < 1.29 is 8.42 Å². The average molecular weight is 300 g/mol. The fourth-order valence-corrected chi connectivity index (χ4v) is 2.73. The zero-order chi connectivity index (χ0) is 15.2. The summed E-state index contributed by atoms with van der Waals surface area (Å²) in [6.45, 7) is 5.02. The van der Waals surface area contributed by atoms with Crippen LogP contribution < -0.4 is 10.0 Å². The Hall–Kier alpha value is -1.18. The lowest BCUT2D eigenvalue weighted by atomic mass is 10.3. The molecule has 0 spiro atoms. The summed E-state index contributed by atoms with van der Waals surface area (Å²) in [6.07, 6.45) is 2.49. The predicted octanol–water partition coefficient (Wildman–Crippen LogP) is 1.13. The van der Waals surface area contributed by atoms with E-state index < -0.39 is 10.0 Å². The number of rotatable bonds is 8. The molecule has 7 heteroatoms. The number of nitrogens with one attached hydrogen (secondary N) is 2. The Morgan fingerprint density at radius 2 is 2.10 bits per heavy atom. The molecule has 0 aromatic carbocycles. The quantitative estimate of drug-likeness (QED) is 0.753. The monoisotopic (exact) mass is 300 g/mol. The van der Waals surface area contributed by atoms with Gasteiger partial charge in [-0.25, -0.2) is 18.1 Å². The van der Waals surface area contributed by atoms with E-state index in [0.717, 1.165) is 6.42 Å². The number of hydrogen-bond donors (Lipinski definition) is 2. The zero-order valence-electron chi connectivity index (χ0n) is 12.5. The second-order valence-electron chi connectivity index (χ2n) is 4.94. The molecule has 0 aliphatic heterocycles. The summed E-state index contributed by atoms with van der Waals surface area (Å²) in [4.78, 5) is 6.26. The lowest BCUT2D eigenvalue weighted by molar-refractivity contribution is 0.314. The third kappa shape index (κ3) is 4.73. The number of likely N-dealkylation sites (N-methyl/N-ethyl adjacent to an activating group) is 1. The number of pyridine rings is 1. The molecular formula is C13H24N4O2S. The third-order valence-corrected chi connectivity index (χ3v) is 4.51. The van der Waals surface area contributed by atoms with Crippen molar-refractivity contribution in [3.8, 4) is 0 Å². The molecule has 0 aliphatic carbocycles. The van der Waals surface area contributed by atoms with Crippen LogP contribution in [0, 0.1) is 0 Å². The molecule has 1 unspecified atom stereocenters. The van der Waals surface area contributed by atoms with Crippen LogP contribution in [-0.4, -0.2) is 51.5 Å². The Kier molecular flexibility index (Phi) is 6.38. The number of anilines is 1. The summed E-state index contributed by atoms with van der Waals surface area (Å²) in [5.74, 6) is 0.402. The van der Waals surface area contributed by atoms with Crippen molar-refractivity contribution in [2.45, 2.75) is 31.2 Å². The molecule has 0 amide bonds. The van der Waals surface area contributed by atoms with Crippen molar-refractivity contribution in [2.24, 2.45) is 0 Å². The first-order chi connectivity index (χ1) is 9.38. The van der Waals surface area contributed by atoms with Crippen LogP contribution in [0.15, 0.2) is 23.2 Å². The Morgan fingerprint density at radius 1 is 1.40 bits per heavy atom. The molecule has 1 atom stereocenters. The number of nitrogens with zero attached hydrogens (tertiary/aromatic N) is 2. The summed E-state index contributed by atoms with van der Waals surface area (Å²) < 4.78 is 27.3. The minimum absolute atomic E-state index is 0.119. The fraction of sp³-hybridized carbons (Fsp3) is 0.615. The van der Waals surface area contributed by atoms with Crippen molar-refractivity contribution in [1.82, 2.24) is 14.6 Å². The van der Waals surface area contributed by atoms with E-state index in [9.17, 15) is 8.42 Å². The molecule has 0 radical (unpaired) electrons. The predicted molar refractivity (Wildman–Crippen MR) is 81.4 cm³/mol. The van der Waals surface area contributed by atoms with Gasteiger partial charge < -0.3 is 10.2 Å². The molecule has 1 aromatic heterocycles. The van der Waals surface area contributed by atoms with Crippen LogP contribution in [0.3, 0.4) is 0 Å². The Morgan fingerprint density at radius 3 is 2.70 bits per heavy atom. The first-order valence-corrected chi connectivity index (χ1v) is 8.21. The molecule has 1 rings (SSSR count). The first-order valence-electron chi connectivity index (χ1n) is 6.73. The highest BCUT2D eigenvalue weighted by Gasteiger charge is 2.20. The van der Waals surface area contributed by atoms with Gasteiger partial charge in [-0.2, -0.15) is 0 Å². The Balaban J connectivity index is 2.86. The minimum atomic E-state index is -3.55. The van der Waals surface area contributed by atoms with Crippen molar-refractivity contribution >= 4 is 15.8 Å². The van der Waals surface area contributed by atoms with Crippen molar-refractivity contribution in [2.75, 3.05) is 32.5 Å². The van der Waals surface area contributed by atoms with Gasteiger partial charge in [0, 0.05) is 25.3 Å². The van der Waals surface area contributed by atoms with Gasteiger partial charge in [0.2, 0.25) is 10.0 Å². The number of aromatic nitrogens is 1. The number of sulfonamides is 1. The van der Waals surface area contributed by atoms with Gasteiger partial charge in [-0.15, -0.1) is 0 Å². The highest BCUT2D eigenvalue weighted by atomic mass is 32.2. The van der Waals surface area contributed by atoms with Crippen LogP contribution in [0.5, 0.6) is 0 Å². The van der Waals surface area contributed by atoms with Gasteiger partial charge in [0.25, 0.3) is 0 Å². The van der Waals surface area contributed by atoms with Crippen LogP contribution in [0.4, 0.5) is 5.82 Å². The lowest BCUT2D eigenvalue weighted by Crippen LogP contribution is -2.38. The van der Waals surface area contributed by atoms with E-state index in [1.165, 1.54) is 0 Å². The van der Waals surface area contributed by atoms with Gasteiger partial charge in [-0.1, -0.05) is 6.92 Å². The summed E-state index contributed by atoms with van der Waals surface area (Å²) in [5, 5.41) is 3.04. The summed E-state index contributed by atoms with van der Waals surface area (Å²) in [7, 11) is 0.276. The summed E-state index contributed by atoms with van der Waals surface area (Å²) >= 11 is 0. The van der Waals surface area contributed by atoms with E-state index in [-0.39, 0.29) is 10.9 Å². The molecule has 0 fully saturated rings. The molecular weight excluding hydrogens is 276 g/mol. The molecule has 0 bridgehead atoms. The fourth-order valence-electron chi connectivity index (χ4n) is 1.47. The smallest absolute Gasteiger partial charge is 0.244 e. The van der Waals surface area contributed by atoms with E-state index in [2.05, 4.69) is 15.0 Å². The second kappa shape index (κ2) is 7.56.